The van der Waals surface area contributed by atoms with Crippen molar-refractivity contribution in [2.75, 3.05) is 12.3 Å². The molecule has 140 valence electrons. The summed E-state index contributed by atoms with van der Waals surface area (Å²) in [5, 5.41) is 2.56. The number of likely N-dealkylation sites (tertiary alicyclic amines) is 1. The molecule has 1 unspecified atom stereocenters. The summed E-state index contributed by atoms with van der Waals surface area (Å²) in [4.78, 5) is 18.7. The predicted octanol–water partition coefficient (Wildman–Crippen LogP) is 3.52. The van der Waals surface area contributed by atoms with Crippen molar-refractivity contribution in [2.24, 2.45) is 0 Å². The van der Waals surface area contributed by atoms with Crippen LogP contribution < -0.4 is 0 Å². The third-order valence-corrected chi connectivity index (χ3v) is 7.06. The Kier molecular flexibility index (Phi) is 6.09. The molecule has 0 saturated carbocycles. The number of hydrogen-bond acceptors (Lipinski definition) is 5. The van der Waals surface area contributed by atoms with Gasteiger partial charge < -0.3 is 4.90 Å². The summed E-state index contributed by atoms with van der Waals surface area (Å²) in [6, 6.07) is 9.85. The predicted molar refractivity (Wildman–Crippen MR) is 105 cm³/mol. The van der Waals surface area contributed by atoms with E-state index in [1.54, 1.807) is 10.3 Å². The minimum Gasteiger partial charge on any atom is -0.339 e. The van der Waals surface area contributed by atoms with E-state index in [4.69, 9.17) is 0 Å². The lowest BCUT2D eigenvalue weighted by molar-refractivity contribution is -0.132. The molecule has 1 aromatic heterocycles. The Morgan fingerprint density at radius 3 is 2.77 bits per heavy atom. The van der Waals surface area contributed by atoms with Crippen molar-refractivity contribution in [3.63, 3.8) is 0 Å². The van der Waals surface area contributed by atoms with Crippen molar-refractivity contribution in [3.8, 4) is 10.6 Å². The van der Waals surface area contributed by atoms with Crippen LogP contribution in [-0.2, 0) is 20.4 Å². The van der Waals surface area contributed by atoms with Gasteiger partial charge in [-0.2, -0.15) is 0 Å². The Bertz CT molecular complexity index is 847. The lowest BCUT2D eigenvalue weighted by atomic mass is 10.0. The van der Waals surface area contributed by atoms with E-state index in [-0.39, 0.29) is 17.7 Å². The number of hydrogen-bond donors (Lipinski definition) is 0. The van der Waals surface area contributed by atoms with Crippen molar-refractivity contribution in [3.05, 3.63) is 41.4 Å². The zero-order valence-corrected chi connectivity index (χ0v) is 16.6. The number of piperidine rings is 1. The van der Waals surface area contributed by atoms with Gasteiger partial charge in [-0.15, -0.1) is 11.3 Å². The monoisotopic (exact) mass is 392 g/mol. The number of amides is 1. The topological polar surface area (TPSA) is 67.3 Å². The van der Waals surface area contributed by atoms with E-state index in [1.807, 2.05) is 37.3 Å². The highest BCUT2D eigenvalue weighted by atomic mass is 32.2. The molecule has 1 saturated heterocycles. The fourth-order valence-electron chi connectivity index (χ4n) is 3.39. The fourth-order valence-corrected chi connectivity index (χ4v) is 5.56. The van der Waals surface area contributed by atoms with E-state index in [0.717, 1.165) is 36.3 Å². The van der Waals surface area contributed by atoms with Crippen LogP contribution in [0.5, 0.6) is 0 Å². The number of sulfone groups is 1. The van der Waals surface area contributed by atoms with E-state index < -0.39 is 15.6 Å². The molecule has 26 heavy (non-hydrogen) atoms. The van der Waals surface area contributed by atoms with Crippen LogP contribution in [0.2, 0.25) is 0 Å². The normalized spacial score (nSPS) is 18.0. The number of carbonyl (C=O) groups excluding carboxylic acids is 1. The van der Waals surface area contributed by atoms with Gasteiger partial charge in [-0.25, -0.2) is 13.4 Å². The van der Waals surface area contributed by atoms with Gasteiger partial charge >= 0.3 is 0 Å². The van der Waals surface area contributed by atoms with Crippen LogP contribution >= 0.6 is 11.3 Å². The van der Waals surface area contributed by atoms with Crippen LogP contribution in [0.3, 0.4) is 0 Å². The lowest BCUT2D eigenvalue weighted by Crippen LogP contribution is -2.45. The molecule has 0 spiro atoms. The quantitative estimate of drug-likeness (QED) is 0.754. The first kappa shape index (κ1) is 19.0. The van der Waals surface area contributed by atoms with Gasteiger partial charge in [-0.3, -0.25) is 4.79 Å². The lowest BCUT2D eigenvalue weighted by Gasteiger charge is -2.35. The molecule has 1 aliphatic heterocycles. The maximum Gasteiger partial charge on any atom is 0.238 e. The highest BCUT2D eigenvalue weighted by molar-refractivity contribution is 7.91. The van der Waals surface area contributed by atoms with Crippen LogP contribution in [0.4, 0.5) is 0 Å². The summed E-state index contributed by atoms with van der Waals surface area (Å²) >= 11 is 1.42. The summed E-state index contributed by atoms with van der Waals surface area (Å²) in [5.41, 5.74) is 1.48. The Labute approximate surface area is 159 Å². The Hall–Kier alpha value is -1.73. The number of thiazole rings is 1. The van der Waals surface area contributed by atoms with Crippen LogP contribution in [0, 0.1) is 0 Å². The first-order chi connectivity index (χ1) is 12.5. The van der Waals surface area contributed by atoms with Crippen molar-refractivity contribution < 1.29 is 13.2 Å². The van der Waals surface area contributed by atoms with Gasteiger partial charge in [0.05, 0.1) is 11.4 Å². The molecule has 3 rings (SSSR count). The van der Waals surface area contributed by atoms with E-state index in [2.05, 4.69) is 4.98 Å². The highest BCUT2D eigenvalue weighted by Gasteiger charge is 2.29. The van der Waals surface area contributed by atoms with E-state index in [1.165, 1.54) is 11.3 Å². The summed E-state index contributed by atoms with van der Waals surface area (Å²) < 4.78 is 25.0. The molecule has 0 N–H and O–H groups in total. The number of carbonyl (C=O) groups is 1. The number of nitrogens with zero attached hydrogens (tertiary/aromatic N) is 2. The van der Waals surface area contributed by atoms with Gasteiger partial charge in [0.1, 0.15) is 10.8 Å². The molecule has 0 bridgehead atoms. The first-order valence-corrected chi connectivity index (χ1v) is 11.7. The summed E-state index contributed by atoms with van der Waals surface area (Å²) in [7, 11) is -3.53. The average molecular weight is 393 g/mol. The Balaban J connectivity index is 1.65. The third kappa shape index (κ3) is 4.71. The molecule has 2 aromatic rings. The maximum absolute atomic E-state index is 12.5. The summed E-state index contributed by atoms with van der Waals surface area (Å²) in [6.45, 7) is 2.72. The van der Waals surface area contributed by atoms with Crippen molar-refractivity contribution in [1.29, 1.82) is 0 Å². The second-order valence-corrected chi connectivity index (χ2v) is 9.61. The zero-order chi connectivity index (χ0) is 18.6. The van der Waals surface area contributed by atoms with E-state index in [0.29, 0.717) is 12.2 Å². The molecule has 2 heterocycles. The SMILES string of the molecule is CCC1CCCCN1C(=O)CS(=O)(=O)Cc1csc(-c2ccccc2)n1. The third-order valence-electron chi connectivity index (χ3n) is 4.70. The minimum absolute atomic E-state index is 0.176. The standard InChI is InChI=1S/C19H24N2O3S2/c1-2-17-10-6-7-11-21(17)18(22)14-26(23,24)13-16-12-25-19(20-16)15-8-4-3-5-9-15/h3-5,8-9,12,17H,2,6-7,10-11,13-14H2,1H3. The molecular weight excluding hydrogens is 368 g/mol. The number of rotatable bonds is 6. The van der Waals surface area contributed by atoms with Gasteiger partial charge in [0.15, 0.2) is 9.84 Å². The van der Waals surface area contributed by atoms with Crippen LogP contribution in [0.15, 0.2) is 35.7 Å². The average Bonchev–Trinajstić information content (AvgIpc) is 3.09. The molecule has 1 aromatic carbocycles. The van der Waals surface area contributed by atoms with Gasteiger partial charge in [-0.1, -0.05) is 37.3 Å². The molecule has 5 nitrogen and oxygen atoms in total. The maximum atomic E-state index is 12.5. The van der Waals surface area contributed by atoms with Crippen LogP contribution in [-0.4, -0.2) is 42.5 Å². The van der Waals surface area contributed by atoms with Crippen molar-refractivity contribution in [1.82, 2.24) is 9.88 Å². The molecule has 0 aliphatic carbocycles. The van der Waals surface area contributed by atoms with E-state index >= 15 is 0 Å². The molecular formula is C19H24N2O3S2. The Morgan fingerprint density at radius 2 is 2.04 bits per heavy atom. The second kappa shape index (κ2) is 8.31. The molecule has 0 radical (unpaired) electrons. The second-order valence-electron chi connectivity index (χ2n) is 6.69. The number of aromatic nitrogens is 1. The largest absolute Gasteiger partial charge is 0.339 e. The van der Waals surface area contributed by atoms with Crippen LogP contribution in [0.1, 0.15) is 38.3 Å². The van der Waals surface area contributed by atoms with Gasteiger partial charge in [0.25, 0.3) is 0 Å². The highest BCUT2D eigenvalue weighted by Crippen LogP contribution is 2.25. The fraction of sp³-hybridized carbons (Fsp3) is 0.474. The van der Waals surface area contributed by atoms with E-state index in [9.17, 15) is 13.2 Å². The van der Waals surface area contributed by atoms with Gasteiger partial charge in [0, 0.05) is 23.5 Å². The van der Waals surface area contributed by atoms with Gasteiger partial charge in [0.2, 0.25) is 5.91 Å². The van der Waals surface area contributed by atoms with Crippen molar-refractivity contribution >= 4 is 27.1 Å². The first-order valence-electron chi connectivity index (χ1n) is 8.98. The van der Waals surface area contributed by atoms with Crippen molar-refractivity contribution in [2.45, 2.75) is 44.4 Å². The summed E-state index contributed by atoms with van der Waals surface area (Å²) in [6.07, 6.45) is 3.90. The minimum atomic E-state index is -3.53. The zero-order valence-electron chi connectivity index (χ0n) is 14.9. The smallest absolute Gasteiger partial charge is 0.238 e. The molecule has 1 fully saturated rings. The summed E-state index contributed by atoms with van der Waals surface area (Å²) in [5.74, 6) is -0.885. The molecule has 1 atom stereocenters. The molecule has 7 heteroatoms. The van der Waals surface area contributed by atoms with Gasteiger partial charge in [-0.05, 0) is 25.7 Å². The molecule has 1 aliphatic rings. The number of benzene rings is 1. The van der Waals surface area contributed by atoms with Crippen LogP contribution in [0.25, 0.3) is 10.6 Å². The Morgan fingerprint density at radius 1 is 1.27 bits per heavy atom. The molecule has 1 amide bonds.